The first-order valence-corrected chi connectivity index (χ1v) is 12.5. The van der Waals surface area contributed by atoms with E-state index < -0.39 is 0 Å². The van der Waals surface area contributed by atoms with Gasteiger partial charge in [-0.2, -0.15) is 5.10 Å². The van der Waals surface area contributed by atoms with Gasteiger partial charge in [0.2, 0.25) is 0 Å². The summed E-state index contributed by atoms with van der Waals surface area (Å²) < 4.78 is 5.30. The van der Waals surface area contributed by atoms with Crippen molar-refractivity contribution in [3.63, 3.8) is 0 Å². The van der Waals surface area contributed by atoms with Gasteiger partial charge in [0.1, 0.15) is 0 Å². The molecule has 1 N–H and O–H groups in total. The molecule has 1 spiro atoms. The van der Waals surface area contributed by atoms with Gasteiger partial charge in [-0.15, -0.1) is 0 Å². The first-order chi connectivity index (χ1) is 15.7. The maximum atomic E-state index is 12.9. The Morgan fingerprint density at radius 3 is 2.52 bits per heavy atom. The van der Waals surface area contributed by atoms with Crippen molar-refractivity contribution in [3.8, 4) is 0 Å². The summed E-state index contributed by atoms with van der Waals surface area (Å²) in [5.74, 6) is 0.756. The Hall–Kier alpha value is -2.24. The van der Waals surface area contributed by atoms with Crippen molar-refractivity contribution >= 4 is 17.6 Å². The lowest BCUT2D eigenvalue weighted by molar-refractivity contribution is -0.185. The predicted molar refractivity (Wildman–Crippen MR) is 126 cm³/mol. The van der Waals surface area contributed by atoms with Crippen LogP contribution < -0.4 is 5.43 Å². The number of esters is 1. The molecule has 6 atom stereocenters. The van der Waals surface area contributed by atoms with Gasteiger partial charge >= 0.3 is 5.97 Å². The van der Waals surface area contributed by atoms with Gasteiger partial charge in [-0.25, -0.2) is 5.43 Å². The molecule has 0 unspecified atom stereocenters. The van der Waals surface area contributed by atoms with E-state index in [4.69, 9.17) is 9.84 Å². The summed E-state index contributed by atoms with van der Waals surface area (Å²) >= 11 is 0. The zero-order valence-electron chi connectivity index (χ0n) is 20.4. The summed E-state index contributed by atoms with van der Waals surface area (Å²) in [5, 5.41) is 4.72. The van der Waals surface area contributed by atoms with E-state index in [1.54, 1.807) is 24.5 Å². The molecule has 0 saturated heterocycles. The summed E-state index contributed by atoms with van der Waals surface area (Å²) in [6, 6.07) is 3.42. The molecule has 178 valence electrons. The van der Waals surface area contributed by atoms with Gasteiger partial charge in [-0.1, -0.05) is 20.3 Å². The Morgan fingerprint density at radius 2 is 1.79 bits per heavy atom. The Morgan fingerprint density at radius 1 is 1.06 bits per heavy atom. The highest BCUT2D eigenvalue weighted by Gasteiger charge is 2.67. The standard InChI is InChI=1S/C27H37N3O3/c1-24-12-6-20-25(2)10-5-11-26(3,23(32)33-4)19(25)7-13-27(20,17-24)16-21(24)29-30-22(31)18-8-14-28-15-9-18/h8-9,14-15,19-20H,5-7,10-13,16-17H2,1-4H3,(H,30,31)/b29-21-/t19-,20-,24-,25+,26+,27-/m0/s1. The molecule has 4 aliphatic rings. The third kappa shape index (κ3) is 3.27. The Labute approximate surface area is 197 Å². The molecule has 4 saturated carbocycles. The molecule has 4 aliphatic carbocycles. The molecule has 1 amide bonds. The number of hydrogen-bond acceptors (Lipinski definition) is 5. The number of aromatic nitrogens is 1. The topological polar surface area (TPSA) is 80.6 Å². The van der Waals surface area contributed by atoms with E-state index >= 15 is 0 Å². The zero-order valence-corrected chi connectivity index (χ0v) is 20.4. The normalized spacial score (nSPS) is 42.8. The summed E-state index contributed by atoms with van der Waals surface area (Å²) in [6.45, 7) is 6.96. The van der Waals surface area contributed by atoms with Crippen LogP contribution in [0.5, 0.6) is 0 Å². The lowest BCUT2D eigenvalue weighted by Gasteiger charge is -2.64. The lowest BCUT2D eigenvalue weighted by Crippen LogP contribution is -2.58. The first kappa shape index (κ1) is 22.5. The molecule has 1 heterocycles. The van der Waals surface area contributed by atoms with Crippen molar-refractivity contribution in [2.75, 3.05) is 7.11 Å². The summed E-state index contributed by atoms with van der Waals surface area (Å²) in [6.07, 6.45) is 13.1. The van der Waals surface area contributed by atoms with Crippen molar-refractivity contribution < 1.29 is 14.3 Å². The number of hydrogen-bond donors (Lipinski definition) is 1. The van der Waals surface area contributed by atoms with Gasteiger partial charge in [-0.05, 0) is 93.1 Å². The molecule has 6 heteroatoms. The molecule has 4 fully saturated rings. The monoisotopic (exact) mass is 451 g/mol. The number of carbonyl (C=O) groups excluding carboxylic acids is 2. The molecular weight excluding hydrogens is 414 g/mol. The highest BCUT2D eigenvalue weighted by Crippen LogP contribution is 2.73. The number of nitrogens with one attached hydrogen (secondary N) is 1. The fourth-order valence-electron chi connectivity index (χ4n) is 8.86. The van der Waals surface area contributed by atoms with Crippen LogP contribution in [0.4, 0.5) is 0 Å². The van der Waals surface area contributed by atoms with Crippen LogP contribution in [0.15, 0.2) is 29.6 Å². The van der Waals surface area contributed by atoms with Gasteiger partial charge in [0.25, 0.3) is 5.91 Å². The lowest BCUT2D eigenvalue weighted by atomic mass is 9.40. The molecule has 1 aromatic heterocycles. The molecule has 33 heavy (non-hydrogen) atoms. The van der Waals surface area contributed by atoms with Crippen LogP contribution >= 0.6 is 0 Å². The Bertz CT molecular complexity index is 994. The van der Waals surface area contributed by atoms with Crippen LogP contribution in [0, 0.1) is 33.5 Å². The SMILES string of the molecule is COC(=O)[C@]1(C)CCC[C@@]2(C)[C@@H]3CC[C@@]4(C)C[C@]3(CC[C@@H]21)C/C4=N/NC(=O)c1ccncc1. The van der Waals surface area contributed by atoms with Crippen LogP contribution in [0.2, 0.25) is 0 Å². The van der Waals surface area contributed by atoms with E-state index in [0.717, 1.165) is 50.7 Å². The minimum absolute atomic E-state index is 0.0254. The zero-order chi connectivity index (χ0) is 23.5. The summed E-state index contributed by atoms with van der Waals surface area (Å²) in [4.78, 5) is 29.5. The molecule has 0 aliphatic heterocycles. The van der Waals surface area contributed by atoms with E-state index in [1.807, 2.05) is 0 Å². The van der Waals surface area contributed by atoms with Crippen LogP contribution in [0.1, 0.15) is 88.9 Å². The molecule has 2 bridgehead atoms. The number of amides is 1. The second kappa shape index (κ2) is 7.64. The molecule has 5 rings (SSSR count). The quantitative estimate of drug-likeness (QED) is 0.509. The minimum atomic E-state index is -0.377. The molecule has 1 aromatic rings. The number of carbonyl (C=O) groups is 2. The molecular formula is C27H37N3O3. The first-order valence-electron chi connectivity index (χ1n) is 12.5. The number of fused-ring (bicyclic) bond motifs is 3. The van der Waals surface area contributed by atoms with E-state index in [0.29, 0.717) is 17.4 Å². The van der Waals surface area contributed by atoms with Gasteiger partial charge in [0.15, 0.2) is 0 Å². The number of ether oxygens (including phenoxy) is 1. The number of nitrogens with zero attached hydrogens (tertiary/aromatic N) is 2. The van der Waals surface area contributed by atoms with Gasteiger partial charge in [0, 0.05) is 29.1 Å². The fraction of sp³-hybridized carbons (Fsp3) is 0.704. The van der Waals surface area contributed by atoms with Crippen molar-refractivity contribution in [2.24, 2.45) is 38.6 Å². The fourth-order valence-corrected chi connectivity index (χ4v) is 8.86. The average Bonchev–Trinajstić information content (AvgIpc) is 3.01. The van der Waals surface area contributed by atoms with Crippen molar-refractivity contribution in [1.29, 1.82) is 0 Å². The number of pyridine rings is 1. The van der Waals surface area contributed by atoms with E-state index in [1.165, 1.54) is 20.0 Å². The highest BCUT2D eigenvalue weighted by molar-refractivity contribution is 5.97. The Kier molecular flexibility index (Phi) is 5.22. The van der Waals surface area contributed by atoms with Crippen molar-refractivity contribution in [2.45, 2.75) is 78.6 Å². The van der Waals surface area contributed by atoms with Crippen molar-refractivity contribution in [3.05, 3.63) is 30.1 Å². The summed E-state index contributed by atoms with van der Waals surface area (Å²) in [5.41, 5.74) is 4.61. The van der Waals surface area contributed by atoms with Crippen molar-refractivity contribution in [1.82, 2.24) is 10.4 Å². The van der Waals surface area contributed by atoms with Crippen LogP contribution in [0.25, 0.3) is 0 Å². The third-order valence-electron chi connectivity index (χ3n) is 10.3. The van der Waals surface area contributed by atoms with Gasteiger partial charge in [0.05, 0.1) is 12.5 Å². The van der Waals surface area contributed by atoms with E-state index in [2.05, 4.69) is 31.2 Å². The molecule has 0 aromatic carbocycles. The van der Waals surface area contributed by atoms with Gasteiger partial charge in [-0.3, -0.25) is 14.6 Å². The number of methoxy groups -OCH3 is 1. The van der Waals surface area contributed by atoms with Crippen LogP contribution in [-0.2, 0) is 9.53 Å². The number of hydrazone groups is 1. The number of rotatable bonds is 3. The van der Waals surface area contributed by atoms with Crippen LogP contribution in [0.3, 0.4) is 0 Å². The summed E-state index contributed by atoms with van der Waals surface area (Å²) in [7, 11) is 1.54. The van der Waals surface area contributed by atoms with E-state index in [9.17, 15) is 9.59 Å². The second-order valence-corrected chi connectivity index (χ2v) is 12.0. The smallest absolute Gasteiger partial charge is 0.311 e. The molecule has 6 nitrogen and oxygen atoms in total. The van der Waals surface area contributed by atoms with E-state index in [-0.39, 0.29) is 33.5 Å². The maximum absolute atomic E-state index is 12.9. The minimum Gasteiger partial charge on any atom is -0.469 e. The third-order valence-corrected chi connectivity index (χ3v) is 10.3. The highest BCUT2D eigenvalue weighted by atomic mass is 16.5. The predicted octanol–water partition coefficient (Wildman–Crippen LogP) is 5.14. The maximum Gasteiger partial charge on any atom is 0.311 e. The van der Waals surface area contributed by atoms with Gasteiger partial charge < -0.3 is 4.74 Å². The largest absolute Gasteiger partial charge is 0.469 e. The average molecular weight is 452 g/mol. The van der Waals surface area contributed by atoms with Crippen LogP contribution in [-0.4, -0.2) is 29.7 Å². The second-order valence-electron chi connectivity index (χ2n) is 12.0. The molecule has 0 radical (unpaired) electrons. The Balaban J connectivity index is 1.42.